The maximum Gasteiger partial charge on any atom is 0.625 e. The van der Waals surface area contributed by atoms with Gasteiger partial charge in [-0.1, -0.05) is 27.8 Å². The molecule has 0 amide bonds. The summed E-state index contributed by atoms with van der Waals surface area (Å²) in [5.41, 5.74) is 0.889. The van der Waals surface area contributed by atoms with Gasteiger partial charge in [0.15, 0.2) is 5.75 Å². The Hall–Kier alpha value is -1.82. The molecule has 1 saturated heterocycles. The van der Waals surface area contributed by atoms with E-state index in [1.807, 2.05) is 24.0 Å². The molecule has 168 valence electrons. The molecule has 4 rings (SSSR count). The van der Waals surface area contributed by atoms with Crippen molar-refractivity contribution in [2.75, 3.05) is 0 Å². The van der Waals surface area contributed by atoms with E-state index < -0.39 is 37.7 Å². The van der Waals surface area contributed by atoms with E-state index in [0.29, 0.717) is 11.3 Å². The van der Waals surface area contributed by atoms with Gasteiger partial charge in [-0.05, 0) is 38.3 Å². The second-order valence-electron chi connectivity index (χ2n) is 7.45. The number of nitrogens with zero attached hydrogens (tertiary/aromatic N) is 1. The third kappa shape index (κ3) is 4.41. The van der Waals surface area contributed by atoms with Gasteiger partial charge in [0.2, 0.25) is 0 Å². The van der Waals surface area contributed by atoms with Crippen LogP contribution in [0, 0.1) is 13.8 Å². The molecule has 11 nitrogen and oxygen atoms in total. The van der Waals surface area contributed by atoms with Gasteiger partial charge < -0.3 is 14.9 Å². The standard InChI is InChI=1S/C18H20ClN2O9P/c1-9-5-10(2)15-11(6-9)8-27-31(26,29-15)30-18(24,25)13-3-4-14(28-13)21-7-12(19)16(22)20-17(21)23/h5-7,13-14,24-26H,3-4,8H2,1-2H3/p+1. The predicted octanol–water partition coefficient (Wildman–Crippen LogP) is 1.42. The largest absolute Gasteiger partial charge is 0.625 e. The van der Waals surface area contributed by atoms with E-state index in [2.05, 4.69) is 0 Å². The van der Waals surface area contributed by atoms with Crippen LogP contribution in [0.2, 0.25) is 5.02 Å². The van der Waals surface area contributed by atoms with Crippen molar-refractivity contribution < 1.29 is 33.4 Å². The molecule has 31 heavy (non-hydrogen) atoms. The Balaban J connectivity index is 1.50. The molecule has 2 aromatic rings. The number of fused-ring (bicyclic) bond motifs is 1. The van der Waals surface area contributed by atoms with Gasteiger partial charge in [0.1, 0.15) is 24.0 Å². The number of aromatic nitrogens is 2. The summed E-state index contributed by atoms with van der Waals surface area (Å²) in [6, 6.07) is 3.67. The second-order valence-corrected chi connectivity index (χ2v) is 9.42. The summed E-state index contributed by atoms with van der Waals surface area (Å²) >= 11 is 5.76. The molecule has 13 heteroatoms. The number of aryl methyl sites for hydroxylation is 2. The number of rotatable bonds is 4. The maximum absolute atomic E-state index is 12.0. The lowest BCUT2D eigenvalue weighted by atomic mass is 10.1. The van der Waals surface area contributed by atoms with Gasteiger partial charge in [-0.2, -0.15) is 4.89 Å². The second kappa shape index (κ2) is 7.95. The first-order chi connectivity index (χ1) is 14.5. The fourth-order valence-electron chi connectivity index (χ4n) is 3.62. The summed E-state index contributed by atoms with van der Waals surface area (Å²) in [6.07, 6.45) is -0.967. The number of ether oxygens (including phenoxy) is 1. The average Bonchev–Trinajstić information content (AvgIpc) is 3.16. The minimum atomic E-state index is -4.14. The number of H-pyrrole nitrogens is 1. The van der Waals surface area contributed by atoms with Crippen LogP contribution in [-0.4, -0.2) is 36.7 Å². The van der Waals surface area contributed by atoms with Crippen molar-refractivity contribution in [2.45, 2.75) is 51.6 Å². The highest BCUT2D eigenvalue weighted by atomic mass is 35.5. The zero-order valence-electron chi connectivity index (χ0n) is 16.6. The summed E-state index contributed by atoms with van der Waals surface area (Å²) in [5, 5.41) is 20.7. The van der Waals surface area contributed by atoms with Gasteiger partial charge in [0.05, 0.1) is 0 Å². The summed E-state index contributed by atoms with van der Waals surface area (Å²) in [6.45, 7) is 3.64. The van der Waals surface area contributed by atoms with Crippen molar-refractivity contribution in [3.63, 3.8) is 0 Å². The SMILES string of the molecule is Cc1cc(C)c2c(c1)CO[P+](O)(OC(O)(O)C1CCC(n3cc(Cl)c(=O)[nH]c3=O)O1)O2. The molecule has 0 bridgehead atoms. The van der Waals surface area contributed by atoms with E-state index in [1.54, 1.807) is 6.92 Å². The number of nitrogens with one attached hydrogen (secondary N) is 1. The van der Waals surface area contributed by atoms with Crippen molar-refractivity contribution in [1.29, 1.82) is 0 Å². The van der Waals surface area contributed by atoms with Crippen molar-refractivity contribution >= 4 is 19.8 Å². The minimum Gasteiger partial charge on any atom is -0.346 e. The van der Waals surface area contributed by atoms with Crippen LogP contribution < -0.4 is 15.8 Å². The van der Waals surface area contributed by atoms with E-state index >= 15 is 0 Å². The lowest BCUT2D eigenvalue weighted by Gasteiger charge is -2.30. The van der Waals surface area contributed by atoms with Gasteiger partial charge in [0, 0.05) is 11.8 Å². The molecule has 0 radical (unpaired) electrons. The third-order valence-corrected chi connectivity index (χ3v) is 6.62. The van der Waals surface area contributed by atoms with Crippen molar-refractivity contribution in [2.24, 2.45) is 0 Å². The topological polar surface area (TPSA) is 152 Å². The fraction of sp³-hybridized carbons (Fsp3) is 0.444. The van der Waals surface area contributed by atoms with Crippen LogP contribution in [0.15, 0.2) is 27.9 Å². The Morgan fingerprint density at radius 3 is 2.77 bits per heavy atom. The van der Waals surface area contributed by atoms with Crippen LogP contribution in [0.1, 0.15) is 35.8 Å². The number of benzene rings is 1. The van der Waals surface area contributed by atoms with Gasteiger partial charge >= 0.3 is 19.8 Å². The van der Waals surface area contributed by atoms with Crippen LogP contribution in [0.25, 0.3) is 0 Å². The summed E-state index contributed by atoms with van der Waals surface area (Å²) in [7, 11) is -4.14. The fourth-order valence-corrected chi connectivity index (χ4v) is 5.17. The monoisotopic (exact) mass is 475 g/mol. The molecule has 2 aliphatic heterocycles. The summed E-state index contributed by atoms with van der Waals surface area (Å²) < 4.78 is 22.4. The smallest absolute Gasteiger partial charge is 0.346 e. The molecule has 0 aliphatic carbocycles. The van der Waals surface area contributed by atoms with Crippen molar-refractivity contribution in [3.05, 3.63) is 60.9 Å². The lowest BCUT2D eigenvalue weighted by Crippen LogP contribution is -2.45. The van der Waals surface area contributed by atoms with Crippen LogP contribution in [0.3, 0.4) is 0 Å². The Labute approximate surface area is 181 Å². The first-order valence-corrected chi connectivity index (χ1v) is 11.2. The van der Waals surface area contributed by atoms with Crippen LogP contribution in [0.5, 0.6) is 5.75 Å². The first-order valence-electron chi connectivity index (χ1n) is 9.35. The molecular formula is C18H21ClN2O9P+. The molecule has 1 fully saturated rings. The third-order valence-electron chi connectivity index (χ3n) is 4.99. The molecule has 0 saturated carbocycles. The van der Waals surface area contributed by atoms with Gasteiger partial charge in [-0.15, -0.1) is 4.52 Å². The van der Waals surface area contributed by atoms with E-state index in [4.69, 9.17) is 29.9 Å². The number of halogens is 1. The molecule has 4 N–H and O–H groups in total. The Kier molecular flexibility index (Phi) is 5.74. The van der Waals surface area contributed by atoms with E-state index in [-0.39, 0.29) is 24.5 Å². The number of aromatic amines is 1. The highest BCUT2D eigenvalue weighted by molar-refractivity contribution is 7.55. The Morgan fingerprint density at radius 2 is 2.03 bits per heavy atom. The molecule has 3 heterocycles. The zero-order chi connectivity index (χ0) is 22.6. The zero-order valence-corrected chi connectivity index (χ0v) is 18.2. The minimum absolute atomic E-state index is 0.0440. The van der Waals surface area contributed by atoms with Crippen LogP contribution in [-0.2, 0) is 20.4 Å². The summed E-state index contributed by atoms with van der Waals surface area (Å²) in [4.78, 5) is 36.1. The molecule has 2 aliphatic rings. The number of hydrogen-bond acceptors (Lipinski definition) is 9. The van der Waals surface area contributed by atoms with Gasteiger partial charge in [-0.3, -0.25) is 18.9 Å². The molecule has 3 unspecified atom stereocenters. The highest BCUT2D eigenvalue weighted by Gasteiger charge is 2.60. The van der Waals surface area contributed by atoms with Crippen LogP contribution in [0.4, 0.5) is 0 Å². The quantitative estimate of drug-likeness (QED) is 0.380. The molecular weight excluding hydrogens is 455 g/mol. The molecule has 1 aromatic heterocycles. The van der Waals surface area contributed by atoms with Crippen molar-refractivity contribution in [3.8, 4) is 5.75 Å². The van der Waals surface area contributed by atoms with Gasteiger partial charge in [0.25, 0.3) is 5.56 Å². The number of aliphatic hydroxyl groups is 2. The van der Waals surface area contributed by atoms with Crippen molar-refractivity contribution in [1.82, 2.24) is 9.55 Å². The lowest BCUT2D eigenvalue weighted by molar-refractivity contribution is -0.351. The maximum atomic E-state index is 12.0. The predicted molar refractivity (Wildman–Crippen MR) is 108 cm³/mol. The Bertz CT molecular complexity index is 1130. The highest BCUT2D eigenvalue weighted by Crippen LogP contribution is 2.64. The number of hydrogen-bond donors (Lipinski definition) is 4. The van der Waals surface area contributed by atoms with E-state index in [1.165, 1.54) is 0 Å². The first kappa shape index (κ1) is 22.4. The summed E-state index contributed by atoms with van der Waals surface area (Å²) in [5.74, 6) is -2.63. The molecule has 3 atom stereocenters. The normalized spacial score (nSPS) is 25.9. The average molecular weight is 476 g/mol. The van der Waals surface area contributed by atoms with E-state index in [0.717, 1.165) is 21.9 Å². The Morgan fingerprint density at radius 1 is 1.29 bits per heavy atom. The van der Waals surface area contributed by atoms with E-state index in [9.17, 15) is 24.7 Å². The molecule has 0 spiro atoms. The van der Waals surface area contributed by atoms with Gasteiger partial charge in [-0.25, -0.2) is 4.79 Å². The van der Waals surface area contributed by atoms with Crippen LogP contribution >= 0.6 is 19.8 Å². The molecule has 1 aromatic carbocycles.